The molecule has 0 radical (unpaired) electrons. The van der Waals surface area contributed by atoms with E-state index in [4.69, 9.17) is 0 Å². The first-order chi connectivity index (χ1) is 11.7. The maximum absolute atomic E-state index is 12.7. The zero-order valence-electron chi connectivity index (χ0n) is 15.4. The number of ketones is 2. The second-order valence-electron chi connectivity index (χ2n) is 6.57. The average molecular weight is 347 g/mol. The van der Waals surface area contributed by atoms with Gasteiger partial charge in [-0.1, -0.05) is 6.92 Å². The third-order valence-corrected chi connectivity index (χ3v) is 4.84. The fraction of sp³-hybridized carbons (Fsp3) is 0.556. The van der Waals surface area contributed by atoms with Gasteiger partial charge in [-0.3, -0.25) is 19.3 Å². The highest BCUT2D eigenvalue weighted by Gasteiger charge is 2.35. The number of amides is 3. The molecule has 7 nitrogen and oxygen atoms in total. The summed E-state index contributed by atoms with van der Waals surface area (Å²) in [6.07, 6.45) is 0.989. The Balaban J connectivity index is 2.24. The van der Waals surface area contributed by atoms with E-state index in [1.807, 2.05) is 13.8 Å². The molecular formula is C18H25N3O4. The van der Waals surface area contributed by atoms with Crippen LogP contribution in [0.5, 0.6) is 0 Å². The Morgan fingerprint density at radius 1 is 1.24 bits per heavy atom. The number of urea groups is 1. The van der Waals surface area contributed by atoms with Crippen LogP contribution in [0.4, 0.5) is 4.79 Å². The maximum atomic E-state index is 12.7. The zero-order chi connectivity index (χ0) is 18.9. The molecule has 1 atom stereocenters. The Morgan fingerprint density at radius 2 is 1.88 bits per heavy atom. The fourth-order valence-electron chi connectivity index (χ4n) is 3.27. The van der Waals surface area contributed by atoms with Crippen LogP contribution in [0.1, 0.15) is 65.7 Å². The molecule has 0 aromatic carbocycles. The van der Waals surface area contributed by atoms with Crippen molar-refractivity contribution in [3.63, 3.8) is 0 Å². The van der Waals surface area contributed by atoms with Gasteiger partial charge in [0.2, 0.25) is 5.91 Å². The number of nitrogens with zero attached hydrogens (tertiary/aromatic N) is 2. The van der Waals surface area contributed by atoms with Crippen molar-refractivity contribution in [3.05, 3.63) is 22.5 Å². The van der Waals surface area contributed by atoms with Gasteiger partial charge in [-0.2, -0.15) is 0 Å². The van der Waals surface area contributed by atoms with E-state index < -0.39 is 6.03 Å². The molecule has 1 aromatic rings. The summed E-state index contributed by atoms with van der Waals surface area (Å²) >= 11 is 0. The number of nitrogens with one attached hydrogen (secondary N) is 1. The van der Waals surface area contributed by atoms with E-state index in [-0.39, 0.29) is 42.2 Å². The van der Waals surface area contributed by atoms with Crippen molar-refractivity contribution in [2.75, 3.05) is 13.1 Å². The predicted molar refractivity (Wildman–Crippen MR) is 92.8 cm³/mol. The van der Waals surface area contributed by atoms with Gasteiger partial charge >= 0.3 is 6.03 Å². The summed E-state index contributed by atoms with van der Waals surface area (Å²) in [5.74, 6) is -0.843. The molecule has 3 amide bonds. The summed E-state index contributed by atoms with van der Waals surface area (Å²) in [6, 6.07) is -0.413. The smallest absolute Gasteiger partial charge is 0.327 e. The molecule has 7 heteroatoms. The van der Waals surface area contributed by atoms with Gasteiger partial charge < -0.3 is 9.88 Å². The van der Waals surface area contributed by atoms with E-state index in [0.717, 1.165) is 11.3 Å². The number of rotatable bonds is 6. The van der Waals surface area contributed by atoms with Crippen LogP contribution in [0.3, 0.4) is 0 Å². The number of aryl methyl sites for hydroxylation is 1. The summed E-state index contributed by atoms with van der Waals surface area (Å²) in [7, 11) is 0. The van der Waals surface area contributed by atoms with Gasteiger partial charge in [0.25, 0.3) is 0 Å². The summed E-state index contributed by atoms with van der Waals surface area (Å²) in [5, 5.41) is 0. The Morgan fingerprint density at radius 3 is 2.40 bits per heavy atom. The number of imide groups is 1. The van der Waals surface area contributed by atoms with Crippen LogP contribution in [0.25, 0.3) is 0 Å². The van der Waals surface area contributed by atoms with E-state index in [1.165, 1.54) is 6.92 Å². The Labute approximate surface area is 147 Å². The van der Waals surface area contributed by atoms with Gasteiger partial charge in [-0.05, 0) is 39.7 Å². The second-order valence-corrected chi connectivity index (χ2v) is 6.57. The Bertz CT molecular complexity index is 735. The van der Waals surface area contributed by atoms with E-state index in [9.17, 15) is 19.2 Å². The highest BCUT2D eigenvalue weighted by atomic mass is 16.2. The Hall–Kier alpha value is -2.44. The summed E-state index contributed by atoms with van der Waals surface area (Å²) in [5.41, 5.74) is 1.95. The van der Waals surface area contributed by atoms with E-state index >= 15 is 0 Å². The van der Waals surface area contributed by atoms with Gasteiger partial charge in [0.15, 0.2) is 11.6 Å². The second kappa shape index (κ2) is 7.21. The van der Waals surface area contributed by atoms with E-state index in [1.54, 1.807) is 18.7 Å². The van der Waals surface area contributed by atoms with Crippen LogP contribution in [-0.2, 0) is 4.79 Å². The Kier molecular flexibility index (Phi) is 5.45. The molecule has 1 aliphatic rings. The topological polar surface area (TPSA) is 90.6 Å². The largest absolute Gasteiger partial charge is 0.355 e. The number of aromatic amines is 1. The van der Waals surface area contributed by atoms with Crippen molar-refractivity contribution in [2.24, 2.45) is 0 Å². The molecule has 1 saturated heterocycles. The molecule has 25 heavy (non-hydrogen) atoms. The number of hydrogen-bond donors (Lipinski definition) is 1. The van der Waals surface area contributed by atoms with Crippen LogP contribution in [-0.4, -0.2) is 57.4 Å². The first kappa shape index (κ1) is 18.9. The van der Waals surface area contributed by atoms with Gasteiger partial charge in [0, 0.05) is 30.3 Å². The third kappa shape index (κ3) is 3.50. The average Bonchev–Trinajstić information content (AvgIpc) is 2.85. The first-order valence-electron chi connectivity index (χ1n) is 8.53. The normalized spacial score (nSPS) is 16.4. The molecule has 2 heterocycles. The standard InChI is InChI=1S/C18H25N3O4/c1-6-10(2)20-8-7-15(24)21(18(20)25)9-14(23)17-11(3)16(13(5)22)12(4)19-17/h10,19H,6-9H2,1-5H3/t10-/m1/s1. The van der Waals surface area contributed by atoms with Crippen molar-refractivity contribution < 1.29 is 19.2 Å². The quantitative estimate of drug-likeness (QED) is 0.800. The van der Waals surface area contributed by atoms with Gasteiger partial charge in [0.05, 0.1) is 12.2 Å². The number of Topliss-reactive ketones (excluding diaryl/α,β-unsaturated/α-hetero) is 2. The molecule has 0 bridgehead atoms. The van der Waals surface area contributed by atoms with Crippen LogP contribution < -0.4 is 0 Å². The number of aromatic nitrogens is 1. The SMILES string of the molecule is CC[C@@H](C)N1CCC(=O)N(CC(=O)c2[nH]c(C)c(C(C)=O)c2C)C1=O. The molecule has 0 unspecified atom stereocenters. The van der Waals surface area contributed by atoms with Crippen molar-refractivity contribution in [1.29, 1.82) is 0 Å². The first-order valence-corrected chi connectivity index (χ1v) is 8.53. The molecule has 1 N–H and O–H groups in total. The van der Waals surface area contributed by atoms with Crippen LogP contribution in [0, 0.1) is 13.8 Å². The monoisotopic (exact) mass is 347 g/mol. The van der Waals surface area contributed by atoms with E-state index in [2.05, 4.69) is 4.98 Å². The molecule has 1 aromatic heterocycles. The van der Waals surface area contributed by atoms with Gasteiger partial charge in [0.1, 0.15) is 0 Å². The number of hydrogen-bond acceptors (Lipinski definition) is 4. The third-order valence-electron chi connectivity index (χ3n) is 4.84. The number of carbonyl (C=O) groups excluding carboxylic acids is 4. The predicted octanol–water partition coefficient (Wildman–Crippen LogP) is 2.47. The van der Waals surface area contributed by atoms with Crippen LogP contribution in [0.15, 0.2) is 0 Å². The van der Waals surface area contributed by atoms with Crippen molar-refractivity contribution in [1.82, 2.24) is 14.8 Å². The van der Waals surface area contributed by atoms with Gasteiger partial charge in [-0.15, -0.1) is 0 Å². The lowest BCUT2D eigenvalue weighted by Crippen LogP contribution is -2.56. The molecule has 2 rings (SSSR count). The minimum Gasteiger partial charge on any atom is -0.355 e. The molecular weight excluding hydrogens is 322 g/mol. The zero-order valence-corrected chi connectivity index (χ0v) is 15.4. The lowest BCUT2D eigenvalue weighted by atomic mass is 10.0. The van der Waals surface area contributed by atoms with Crippen LogP contribution in [0.2, 0.25) is 0 Å². The molecule has 0 aliphatic carbocycles. The lowest BCUT2D eigenvalue weighted by molar-refractivity contribution is -0.130. The van der Waals surface area contributed by atoms with E-state index in [0.29, 0.717) is 23.4 Å². The van der Waals surface area contributed by atoms with Crippen molar-refractivity contribution in [3.8, 4) is 0 Å². The lowest BCUT2D eigenvalue weighted by Gasteiger charge is -2.37. The fourth-order valence-corrected chi connectivity index (χ4v) is 3.27. The minimum atomic E-state index is -0.424. The number of carbonyl (C=O) groups is 4. The van der Waals surface area contributed by atoms with Crippen LogP contribution >= 0.6 is 0 Å². The molecule has 136 valence electrons. The molecule has 1 aliphatic heterocycles. The number of H-pyrrole nitrogens is 1. The van der Waals surface area contributed by atoms with Crippen molar-refractivity contribution in [2.45, 2.75) is 53.5 Å². The molecule has 0 saturated carbocycles. The minimum absolute atomic E-state index is 0.0111. The summed E-state index contributed by atoms with van der Waals surface area (Å²) in [6.45, 7) is 8.82. The summed E-state index contributed by atoms with van der Waals surface area (Å²) < 4.78 is 0. The van der Waals surface area contributed by atoms with Gasteiger partial charge in [-0.25, -0.2) is 4.79 Å². The highest BCUT2D eigenvalue weighted by molar-refractivity contribution is 6.07. The maximum Gasteiger partial charge on any atom is 0.327 e. The van der Waals surface area contributed by atoms with Crippen molar-refractivity contribution >= 4 is 23.5 Å². The highest BCUT2D eigenvalue weighted by Crippen LogP contribution is 2.21. The summed E-state index contributed by atoms with van der Waals surface area (Å²) in [4.78, 5) is 54.7. The molecule has 1 fully saturated rings. The molecule has 0 spiro atoms.